The van der Waals surface area contributed by atoms with Crippen LogP contribution < -0.4 is 10.1 Å². The van der Waals surface area contributed by atoms with Gasteiger partial charge in [-0.3, -0.25) is 14.5 Å². The Labute approximate surface area is 188 Å². The van der Waals surface area contributed by atoms with Gasteiger partial charge in [0.2, 0.25) is 5.91 Å². The minimum Gasteiger partial charge on any atom is -0.494 e. The number of urea groups is 1. The van der Waals surface area contributed by atoms with Crippen molar-refractivity contribution in [3.63, 3.8) is 0 Å². The SMILES string of the molecule is CCN(Cc1ccc(OC)c(F)c1)C(=O)CN1C(=O)NC(C)(c2cccc(Br)c2)C1=O. The summed E-state index contributed by atoms with van der Waals surface area (Å²) in [5.74, 6) is -1.33. The number of nitrogens with zero attached hydrogens (tertiary/aromatic N) is 2. The maximum atomic E-state index is 14.0. The third kappa shape index (κ3) is 4.56. The molecule has 0 saturated carbocycles. The molecule has 1 N–H and O–H groups in total. The molecule has 164 valence electrons. The van der Waals surface area contributed by atoms with Crippen LogP contribution >= 0.6 is 15.9 Å². The molecule has 3 rings (SSSR count). The lowest BCUT2D eigenvalue weighted by Gasteiger charge is -2.25. The van der Waals surface area contributed by atoms with Gasteiger partial charge in [0.1, 0.15) is 12.1 Å². The van der Waals surface area contributed by atoms with Gasteiger partial charge in [0.25, 0.3) is 5.91 Å². The van der Waals surface area contributed by atoms with Crippen LogP contribution in [0, 0.1) is 5.82 Å². The molecule has 1 saturated heterocycles. The molecule has 9 heteroatoms. The lowest BCUT2D eigenvalue weighted by Crippen LogP contribution is -2.44. The van der Waals surface area contributed by atoms with E-state index >= 15 is 0 Å². The molecule has 2 aromatic carbocycles. The average molecular weight is 492 g/mol. The van der Waals surface area contributed by atoms with Crippen molar-refractivity contribution in [2.24, 2.45) is 0 Å². The summed E-state index contributed by atoms with van der Waals surface area (Å²) in [6.45, 7) is 3.45. The van der Waals surface area contributed by atoms with Crippen LogP contribution in [0.3, 0.4) is 0 Å². The molecule has 0 aliphatic carbocycles. The fourth-order valence-electron chi connectivity index (χ4n) is 3.48. The zero-order chi connectivity index (χ0) is 22.8. The topological polar surface area (TPSA) is 79.0 Å². The Morgan fingerprint density at radius 2 is 2.00 bits per heavy atom. The summed E-state index contributed by atoms with van der Waals surface area (Å²) in [5.41, 5.74) is -0.0852. The molecular weight excluding hydrogens is 469 g/mol. The number of likely N-dealkylation sites (N-methyl/N-ethyl adjacent to an activating group) is 1. The van der Waals surface area contributed by atoms with Crippen LogP contribution in [0.4, 0.5) is 9.18 Å². The van der Waals surface area contributed by atoms with Crippen LogP contribution in [0.5, 0.6) is 5.75 Å². The van der Waals surface area contributed by atoms with Gasteiger partial charge in [-0.1, -0.05) is 34.1 Å². The van der Waals surface area contributed by atoms with Gasteiger partial charge in [-0.15, -0.1) is 0 Å². The predicted octanol–water partition coefficient (Wildman–Crippen LogP) is 3.41. The molecule has 1 aliphatic rings. The molecule has 0 spiro atoms. The van der Waals surface area contributed by atoms with Gasteiger partial charge < -0.3 is 15.0 Å². The second-order valence-electron chi connectivity index (χ2n) is 7.33. The number of carbonyl (C=O) groups is 3. The number of amides is 4. The van der Waals surface area contributed by atoms with Crippen molar-refractivity contribution in [3.05, 3.63) is 63.9 Å². The first-order valence-electron chi connectivity index (χ1n) is 9.70. The Bertz CT molecular complexity index is 1030. The molecule has 2 aromatic rings. The van der Waals surface area contributed by atoms with Gasteiger partial charge in [0, 0.05) is 17.6 Å². The van der Waals surface area contributed by atoms with Gasteiger partial charge in [-0.25, -0.2) is 9.18 Å². The third-order valence-electron chi connectivity index (χ3n) is 5.29. The van der Waals surface area contributed by atoms with Crippen LogP contribution in [-0.2, 0) is 21.7 Å². The number of methoxy groups -OCH3 is 1. The monoisotopic (exact) mass is 491 g/mol. The van der Waals surface area contributed by atoms with E-state index in [1.54, 1.807) is 38.1 Å². The molecule has 1 aliphatic heterocycles. The number of hydrogen-bond donors (Lipinski definition) is 1. The second kappa shape index (κ2) is 9.05. The van der Waals surface area contributed by atoms with Crippen molar-refractivity contribution in [1.82, 2.24) is 15.1 Å². The van der Waals surface area contributed by atoms with Crippen molar-refractivity contribution < 1.29 is 23.5 Å². The van der Waals surface area contributed by atoms with Crippen molar-refractivity contribution >= 4 is 33.8 Å². The number of benzene rings is 2. The number of hydrogen-bond acceptors (Lipinski definition) is 4. The smallest absolute Gasteiger partial charge is 0.325 e. The summed E-state index contributed by atoms with van der Waals surface area (Å²) in [6.07, 6.45) is 0. The number of rotatable bonds is 7. The highest BCUT2D eigenvalue weighted by atomic mass is 79.9. The normalized spacial score (nSPS) is 18.2. The molecule has 0 aromatic heterocycles. The highest BCUT2D eigenvalue weighted by Gasteiger charge is 2.49. The summed E-state index contributed by atoms with van der Waals surface area (Å²) >= 11 is 3.36. The van der Waals surface area contributed by atoms with E-state index in [0.29, 0.717) is 17.7 Å². The van der Waals surface area contributed by atoms with Crippen LogP contribution in [-0.4, -0.2) is 47.8 Å². The molecule has 1 atom stereocenters. The Morgan fingerprint density at radius 3 is 2.61 bits per heavy atom. The molecule has 1 fully saturated rings. The van der Waals surface area contributed by atoms with Crippen molar-refractivity contribution in [2.45, 2.75) is 25.9 Å². The number of carbonyl (C=O) groups excluding carboxylic acids is 3. The summed E-state index contributed by atoms with van der Waals surface area (Å²) in [4.78, 5) is 40.8. The number of imide groups is 1. The predicted molar refractivity (Wildman–Crippen MR) is 116 cm³/mol. The Morgan fingerprint density at radius 1 is 1.26 bits per heavy atom. The van der Waals surface area contributed by atoms with E-state index in [-0.39, 0.29) is 12.3 Å². The molecule has 0 radical (unpaired) electrons. The van der Waals surface area contributed by atoms with Gasteiger partial charge in [0.05, 0.1) is 7.11 Å². The molecule has 4 amide bonds. The summed E-state index contributed by atoms with van der Waals surface area (Å²) in [6, 6.07) is 10.9. The maximum absolute atomic E-state index is 14.0. The maximum Gasteiger partial charge on any atom is 0.325 e. The average Bonchev–Trinajstić information content (AvgIpc) is 2.96. The lowest BCUT2D eigenvalue weighted by molar-refractivity contribution is -0.139. The first-order valence-corrected chi connectivity index (χ1v) is 10.5. The quantitative estimate of drug-likeness (QED) is 0.601. The zero-order valence-corrected chi connectivity index (χ0v) is 19.0. The van der Waals surface area contributed by atoms with E-state index in [1.807, 2.05) is 6.07 Å². The van der Waals surface area contributed by atoms with Crippen LogP contribution in [0.25, 0.3) is 0 Å². The lowest BCUT2D eigenvalue weighted by atomic mass is 9.92. The van der Waals surface area contributed by atoms with E-state index in [2.05, 4.69) is 21.2 Å². The van der Waals surface area contributed by atoms with Crippen molar-refractivity contribution in [1.29, 1.82) is 0 Å². The van der Waals surface area contributed by atoms with Crippen LogP contribution in [0.2, 0.25) is 0 Å². The summed E-state index contributed by atoms with van der Waals surface area (Å²) in [7, 11) is 1.37. The Hall–Kier alpha value is -2.94. The largest absolute Gasteiger partial charge is 0.494 e. The van der Waals surface area contributed by atoms with Gasteiger partial charge >= 0.3 is 6.03 Å². The Kier molecular flexibility index (Phi) is 6.64. The zero-order valence-electron chi connectivity index (χ0n) is 17.4. The first kappa shape index (κ1) is 22.7. The molecule has 1 heterocycles. The Balaban J connectivity index is 1.74. The standard InChI is InChI=1S/C22H23BrFN3O4/c1-4-26(12-14-8-9-18(31-3)17(24)10-14)19(28)13-27-20(29)22(2,25-21(27)30)15-6-5-7-16(23)11-15/h5-11H,4,12-13H2,1-3H3,(H,25,30). The summed E-state index contributed by atoms with van der Waals surface area (Å²) in [5, 5.41) is 2.69. The minimum atomic E-state index is -1.27. The third-order valence-corrected chi connectivity index (χ3v) is 5.79. The molecule has 31 heavy (non-hydrogen) atoms. The molecular formula is C22H23BrFN3O4. The highest BCUT2D eigenvalue weighted by Crippen LogP contribution is 2.30. The van der Waals surface area contributed by atoms with E-state index in [1.165, 1.54) is 24.1 Å². The highest BCUT2D eigenvalue weighted by molar-refractivity contribution is 9.10. The van der Waals surface area contributed by atoms with Crippen molar-refractivity contribution in [2.75, 3.05) is 20.2 Å². The van der Waals surface area contributed by atoms with E-state index in [9.17, 15) is 18.8 Å². The summed E-state index contributed by atoms with van der Waals surface area (Å²) < 4.78 is 19.7. The van der Waals surface area contributed by atoms with Crippen LogP contribution in [0.15, 0.2) is 46.9 Å². The van der Waals surface area contributed by atoms with Crippen molar-refractivity contribution in [3.8, 4) is 5.75 Å². The molecule has 0 bridgehead atoms. The van der Waals surface area contributed by atoms with Gasteiger partial charge in [0.15, 0.2) is 11.6 Å². The second-order valence-corrected chi connectivity index (χ2v) is 8.25. The van der Waals surface area contributed by atoms with E-state index < -0.39 is 35.7 Å². The van der Waals surface area contributed by atoms with Gasteiger partial charge in [-0.2, -0.15) is 0 Å². The fourth-order valence-corrected chi connectivity index (χ4v) is 3.88. The van der Waals surface area contributed by atoms with Gasteiger partial charge in [-0.05, 0) is 49.2 Å². The first-order chi connectivity index (χ1) is 14.7. The fraction of sp³-hybridized carbons (Fsp3) is 0.318. The van der Waals surface area contributed by atoms with Crippen LogP contribution in [0.1, 0.15) is 25.0 Å². The number of ether oxygens (including phenoxy) is 1. The number of nitrogens with one attached hydrogen (secondary N) is 1. The number of halogens is 2. The molecule has 7 nitrogen and oxygen atoms in total. The van der Waals surface area contributed by atoms with E-state index in [4.69, 9.17) is 4.74 Å². The van der Waals surface area contributed by atoms with E-state index in [0.717, 1.165) is 9.37 Å². The minimum absolute atomic E-state index is 0.115. The molecule has 1 unspecified atom stereocenters.